The lowest BCUT2D eigenvalue weighted by atomic mass is 9.85. The predicted octanol–water partition coefficient (Wildman–Crippen LogP) is 1.88. The summed E-state index contributed by atoms with van der Waals surface area (Å²) in [6.07, 6.45) is 0.777. The quantitative estimate of drug-likeness (QED) is 0.870. The molecule has 2 N–H and O–H groups in total. The molecule has 0 saturated carbocycles. The molecular formula is C15H18ClNO4. The highest BCUT2D eigenvalue weighted by atomic mass is 35.5. The van der Waals surface area contributed by atoms with E-state index in [4.69, 9.17) is 16.3 Å². The van der Waals surface area contributed by atoms with Crippen molar-refractivity contribution in [3.63, 3.8) is 0 Å². The van der Waals surface area contributed by atoms with Crippen LogP contribution in [-0.4, -0.2) is 36.2 Å². The Bertz CT molecular complexity index is 548. The fourth-order valence-electron chi connectivity index (χ4n) is 2.30. The van der Waals surface area contributed by atoms with Gasteiger partial charge in [-0.2, -0.15) is 0 Å². The Balaban J connectivity index is 1.90. The van der Waals surface area contributed by atoms with E-state index in [1.54, 1.807) is 13.0 Å². The molecule has 1 fully saturated rings. The Morgan fingerprint density at radius 1 is 1.48 bits per heavy atom. The van der Waals surface area contributed by atoms with Crippen molar-refractivity contribution < 1.29 is 19.4 Å². The fraction of sp³-hybridized carbons (Fsp3) is 0.467. The zero-order valence-corrected chi connectivity index (χ0v) is 12.5. The summed E-state index contributed by atoms with van der Waals surface area (Å²) < 4.78 is 5.20. The van der Waals surface area contributed by atoms with Gasteiger partial charge in [-0.05, 0) is 25.0 Å². The summed E-state index contributed by atoms with van der Waals surface area (Å²) in [5.74, 6) is -1.16. The van der Waals surface area contributed by atoms with Crippen LogP contribution in [0.1, 0.15) is 18.9 Å². The molecule has 21 heavy (non-hydrogen) atoms. The maximum Gasteiger partial charge on any atom is 0.313 e. The average Bonchev–Trinajstić information content (AvgIpc) is 2.81. The molecule has 2 rings (SSSR count). The first kappa shape index (κ1) is 15.8. The van der Waals surface area contributed by atoms with E-state index >= 15 is 0 Å². The maximum absolute atomic E-state index is 12.0. The van der Waals surface area contributed by atoms with Gasteiger partial charge in [-0.1, -0.05) is 29.8 Å². The van der Waals surface area contributed by atoms with Gasteiger partial charge in [0, 0.05) is 11.4 Å². The largest absolute Gasteiger partial charge is 0.481 e. The molecular weight excluding hydrogens is 294 g/mol. The second kappa shape index (κ2) is 6.45. The molecule has 5 nitrogen and oxygen atoms in total. The van der Waals surface area contributed by atoms with Gasteiger partial charge in [-0.25, -0.2) is 0 Å². The average molecular weight is 312 g/mol. The van der Waals surface area contributed by atoms with E-state index in [9.17, 15) is 14.7 Å². The summed E-state index contributed by atoms with van der Waals surface area (Å²) in [5, 5.41) is 12.6. The van der Waals surface area contributed by atoms with E-state index in [0.717, 1.165) is 5.56 Å². The van der Waals surface area contributed by atoms with Crippen LogP contribution < -0.4 is 5.32 Å². The third-order valence-electron chi connectivity index (χ3n) is 3.86. The van der Waals surface area contributed by atoms with Crippen molar-refractivity contribution in [3.05, 3.63) is 34.9 Å². The van der Waals surface area contributed by atoms with Gasteiger partial charge in [0.25, 0.3) is 0 Å². The molecule has 114 valence electrons. The van der Waals surface area contributed by atoms with Crippen molar-refractivity contribution in [1.29, 1.82) is 0 Å². The number of aliphatic carboxylic acids is 1. The molecule has 2 atom stereocenters. The normalized spacial score (nSPS) is 24.8. The molecule has 0 bridgehead atoms. The molecule has 0 radical (unpaired) electrons. The molecule has 1 aliphatic heterocycles. The van der Waals surface area contributed by atoms with Crippen molar-refractivity contribution in [2.75, 3.05) is 13.2 Å². The molecule has 6 heteroatoms. The number of ether oxygens (including phenoxy) is 1. The van der Waals surface area contributed by atoms with Crippen molar-refractivity contribution in [3.8, 4) is 0 Å². The summed E-state index contributed by atoms with van der Waals surface area (Å²) in [6, 6.07) is 6.84. The predicted molar refractivity (Wildman–Crippen MR) is 78.3 cm³/mol. The van der Waals surface area contributed by atoms with Crippen LogP contribution in [0.4, 0.5) is 0 Å². The number of hydrogen-bond donors (Lipinski definition) is 2. The van der Waals surface area contributed by atoms with E-state index in [-0.39, 0.29) is 25.5 Å². The van der Waals surface area contributed by atoms with E-state index in [1.807, 2.05) is 18.2 Å². The lowest BCUT2D eigenvalue weighted by Crippen LogP contribution is -2.49. The molecule has 1 heterocycles. The van der Waals surface area contributed by atoms with Crippen molar-refractivity contribution >= 4 is 23.5 Å². The van der Waals surface area contributed by atoms with Crippen LogP contribution in [0.2, 0.25) is 5.02 Å². The number of aryl methyl sites for hydroxylation is 1. The minimum Gasteiger partial charge on any atom is -0.481 e. The van der Waals surface area contributed by atoms with Gasteiger partial charge in [0.1, 0.15) is 5.41 Å². The van der Waals surface area contributed by atoms with E-state index < -0.39 is 17.4 Å². The lowest BCUT2D eigenvalue weighted by molar-refractivity contribution is -0.149. The van der Waals surface area contributed by atoms with Crippen molar-refractivity contribution in [2.24, 2.45) is 5.41 Å². The van der Waals surface area contributed by atoms with E-state index in [0.29, 0.717) is 11.4 Å². The Labute approximate surface area is 128 Å². The Morgan fingerprint density at radius 3 is 2.86 bits per heavy atom. The van der Waals surface area contributed by atoms with E-state index in [2.05, 4.69) is 5.32 Å². The zero-order valence-electron chi connectivity index (χ0n) is 11.8. The van der Waals surface area contributed by atoms with Crippen molar-refractivity contribution in [1.82, 2.24) is 5.32 Å². The van der Waals surface area contributed by atoms with Crippen molar-refractivity contribution in [2.45, 2.75) is 25.8 Å². The van der Waals surface area contributed by atoms with Gasteiger partial charge >= 0.3 is 5.97 Å². The maximum atomic E-state index is 12.0. The molecule has 0 spiro atoms. The van der Waals surface area contributed by atoms with Gasteiger partial charge in [0.2, 0.25) is 5.91 Å². The first-order chi connectivity index (χ1) is 9.93. The molecule has 1 saturated heterocycles. The van der Waals surface area contributed by atoms with E-state index in [1.165, 1.54) is 0 Å². The SMILES string of the molecule is CC1(C(=O)O)COCC1NC(=O)CCc1ccccc1Cl. The van der Waals surface area contributed by atoms with Gasteiger partial charge in [0.05, 0.1) is 19.3 Å². The Hall–Kier alpha value is -1.59. The van der Waals surface area contributed by atoms with Crippen LogP contribution in [0.5, 0.6) is 0 Å². The number of nitrogens with one attached hydrogen (secondary N) is 1. The van der Waals surface area contributed by atoms with Gasteiger partial charge in [0.15, 0.2) is 0 Å². The second-order valence-corrected chi connectivity index (χ2v) is 5.86. The topological polar surface area (TPSA) is 75.6 Å². The van der Waals surface area contributed by atoms with Crippen LogP contribution in [0.15, 0.2) is 24.3 Å². The fourth-order valence-corrected chi connectivity index (χ4v) is 2.53. The lowest BCUT2D eigenvalue weighted by Gasteiger charge is -2.25. The second-order valence-electron chi connectivity index (χ2n) is 5.45. The Kier molecular flexibility index (Phi) is 4.85. The first-order valence-corrected chi connectivity index (χ1v) is 7.15. The Morgan fingerprint density at radius 2 is 2.19 bits per heavy atom. The van der Waals surface area contributed by atoms with Gasteiger partial charge in [-0.15, -0.1) is 0 Å². The van der Waals surface area contributed by atoms with Gasteiger partial charge in [-0.3, -0.25) is 9.59 Å². The molecule has 0 aromatic heterocycles. The molecule has 1 aromatic rings. The van der Waals surface area contributed by atoms with Crippen LogP contribution in [-0.2, 0) is 20.7 Å². The summed E-state index contributed by atoms with van der Waals surface area (Å²) in [7, 11) is 0. The van der Waals surface area contributed by atoms with Crippen LogP contribution in [0.3, 0.4) is 0 Å². The summed E-state index contributed by atoms with van der Waals surface area (Å²) in [5.41, 5.74) is -0.168. The summed E-state index contributed by atoms with van der Waals surface area (Å²) in [6.45, 7) is 1.92. The number of carboxylic acid groups (broad SMARTS) is 1. The third kappa shape index (κ3) is 3.54. The number of carboxylic acids is 1. The van der Waals surface area contributed by atoms with Gasteiger partial charge < -0.3 is 15.2 Å². The number of carbonyl (C=O) groups excluding carboxylic acids is 1. The minimum atomic E-state index is -1.07. The van der Waals surface area contributed by atoms with Crippen LogP contribution in [0, 0.1) is 5.41 Å². The number of benzene rings is 1. The number of hydrogen-bond acceptors (Lipinski definition) is 3. The molecule has 1 aliphatic rings. The molecule has 0 aliphatic carbocycles. The molecule has 1 amide bonds. The number of halogens is 1. The molecule has 2 unspecified atom stereocenters. The third-order valence-corrected chi connectivity index (χ3v) is 4.23. The number of carbonyl (C=O) groups is 2. The summed E-state index contributed by atoms with van der Waals surface area (Å²) in [4.78, 5) is 23.3. The smallest absolute Gasteiger partial charge is 0.313 e. The molecule has 1 aromatic carbocycles. The minimum absolute atomic E-state index is 0.109. The standard InChI is InChI=1S/C15H18ClNO4/c1-15(14(19)20)9-21-8-12(15)17-13(18)7-6-10-4-2-3-5-11(10)16/h2-5,12H,6-9H2,1H3,(H,17,18)(H,19,20). The summed E-state index contributed by atoms with van der Waals surface area (Å²) >= 11 is 6.04. The highest BCUT2D eigenvalue weighted by Crippen LogP contribution is 2.28. The number of amides is 1. The highest BCUT2D eigenvalue weighted by molar-refractivity contribution is 6.31. The number of rotatable bonds is 5. The zero-order chi connectivity index (χ0) is 15.5. The van der Waals surface area contributed by atoms with Crippen LogP contribution >= 0.6 is 11.6 Å². The monoisotopic (exact) mass is 311 g/mol. The first-order valence-electron chi connectivity index (χ1n) is 6.77. The highest BCUT2D eigenvalue weighted by Gasteiger charge is 2.47. The van der Waals surface area contributed by atoms with Crippen LogP contribution in [0.25, 0.3) is 0 Å².